The molecular weight excluding hydrogens is 224 g/mol. The minimum absolute atomic E-state index is 0.290. The second kappa shape index (κ2) is 4.71. The molecule has 18 heavy (non-hydrogen) atoms. The van der Waals surface area contributed by atoms with E-state index in [4.69, 9.17) is 9.72 Å². The van der Waals surface area contributed by atoms with Crippen LogP contribution in [0.15, 0.2) is 17.1 Å². The first-order chi connectivity index (χ1) is 8.74. The first-order valence-corrected chi connectivity index (χ1v) is 6.94. The summed E-state index contributed by atoms with van der Waals surface area (Å²) in [5.41, 5.74) is 3.57. The Morgan fingerprint density at radius 3 is 2.83 bits per heavy atom. The van der Waals surface area contributed by atoms with Crippen molar-refractivity contribution in [2.75, 3.05) is 6.61 Å². The van der Waals surface area contributed by atoms with E-state index >= 15 is 0 Å². The van der Waals surface area contributed by atoms with Gasteiger partial charge in [0.15, 0.2) is 0 Å². The number of pyridine rings is 1. The molecule has 0 spiro atoms. The fraction of sp³-hybridized carbons (Fsp3) is 0.600. The molecule has 3 rings (SSSR count). The number of nitrogens with zero attached hydrogens (tertiary/aromatic N) is 2. The van der Waals surface area contributed by atoms with Gasteiger partial charge in [-0.05, 0) is 43.2 Å². The lowest BCUT2D eigenvalue weighted by Gasteiger charge is -2.15. The summed E-state index contributed by atoms with van der Waals surface area (Å²) in [6.07, 6.45) is 4.82. The van der Waals surface area contributed by atoms with Crippen molar-refractivity contribution in [1.29, 1.82) is 0 Å². The summed E-state index contributed by atoms with van der Waals surface area (Å²) in [5.74, 6) is 1.27. The van der Waals surface area contributed by atoms with E-state index in [9.17, 15) is 0 Å². The van der Waals surface area contributed by atoms with Gasteiger partial charge < -0.3 is 4.74 Å². The highest BCUT2D eigenvalue weighted by molar-refractivity contribution is 5.93. The maximum absolute atomic E-state index is 5.69. The third-order valence-corrected chi connectivity index (χ3v) is 3.84. The molecule has 1 unspecified atom stereocenters. The third-order valence-electron chi connectivity index (χ3n) is 3.84. The molecule has 1 aliphatic carbocycles. The molecule has 0 fully saturated rings. The Bertz CT molecular complexity index is 479. The van der Waals surface area contributed by atoms with Gasteiger partial charge in [0.05, 0.1) is 6.04 Å². The number of rotatable bonds is 2. The average molecular weight is 244 g/mol. The minimum Gasteiger partial charge on any atom is -0.474 e. The molecule has 1 aliphatic heterocycles. The lowest BCUT2D eigenvalue weighted by Crippen LogP contribution is -2.13. The van der Waals surface area contributed by atoms with E-state index < -0.39 is 0 Å². The number of aryl methyl sites for hydroxylation is 2. The fourth-order valence-electron chi connectivity index (χ4n) is 2.57. The molecule has 0 aromatic carbocycles. The van der Waals surface area contributed by atoms with Gasteiger partial charge in [-0.3, -0.25) is 0 Å². The Labute approximate surface area is 108 Å². The molecule has 2 heterocycles. The summed E-state index contributed by atoms with van der Waals surface area (Å²) < 4.78 is 5.69. The Kier molecular flexibility index (Phi) is 3.06. The first kappa shape index (κ1) is 11.7. The lowest BCUT2D eigenvalue weighted by molar-refractivity contribution is 0.291. The Hall–Kier alpha value is -1.38. The number of hydrogen-bond acceptors (Lipinski definition) is 3. The predicted molar refractivity (Wildman–Crippen MR) is 72.0 cm³/mol. The van der Waals surface area contributed by atoms with E-state index in [0.29, 0.717) is 12.5 Å². The molecule has 0 radical (unpaired) electrons. The van der Waals surface area contributed by atoms with E-state index in [1.807, 2.05) is 0 Å². The maximum atomic E-state index is 5.69. The monoisotopic (exact) mass is 244 g/mol. The highest BCUT2D eigenvalue weighted by Gasteiger charge is 2.24. The number of hydrogen-bond donors (Lipinski definition) is 0. The summed E-state index contributed by atoms with van der Waals surface area (Å²) in [6.45, 7) is 5.06. The van der Waals surface area contributed by atoms with Gasteiger partial charge in [-0.15, -0.1) is 0 Å². The molecule has 1 aromatic rings. The standard InChI is InChI=1S/C15H20N2O/c1-10(2)14-9-18-15(17-14)13-8-7-11-5-3-4-6-12(11)16-13/h7-8,10,14H,3-6,9H2,1-2H3. The zero-order valence-corrected chi connectivity index (χ0v) is 11.1. The molecule has 0 N–H and O–H groups in total. The zero-order chi connectivity index (χ0) is 12.5. The second-order valence-electron chi connectivity index (χ2n) is 5.57. The van der Waals surface area contributed by atoms with Crippen molar-refractivity contribution in [3.05, 3.63) is 29.1 Å². The summed E-state index contributed by atoms with van der Waals surface area (Å²) in [4.78, 5) is 9.37. The summed E-state index contributed by atoms with van der Waals surface area (Å²) >= 11 is 0. The van der Waals surface area contributed by atoms with Crippen molar-refractivity contribution in [3.63, 3.8) is 0 Å². The van der Waals surface area contributed by atoms with Crippen LogP contribution in [0.5, 0.6) is 0 Å². The quantitative estimate of drug-likeness (QED) is 0.801. The van der Waals surface area contributed by atoms with Crippen LogP contribution in [0.4, 0.5) is 0 Å². The number of aliphatic imine (C=N–C) groups is 1. The Morgan fingerprint density at radius 2 is 2.06 bits per heavy atom. The van der Waals surface area contributed by atoms with Gasteiger partial charge in [0.1, 0.15) is 12.3 Å². The molecule has 0 bridgehead atoms. The number of fused-ring (bicyclic) bond motifs is 1. The van der Waals surface area contributed by atoms with Crippen LogP contribution in [-0.2, 0) is 17.6 Å². The maximum Gasteiger partial charge on any atom is 0.235 e. The van der Waals surface area contributed by atoms with E-state index in [-0.39, 0.29) is 6.04 Å². The van der Waals surface area contributed by atoms with E-state index in [0.717, 1.165) is 18.0 Å². The van der Waals surface area contributed by atoms with Gasteiger partial charge in [-0.25, -0.2) is 9.98 Å². The topological polar surface area (TPSA) is 34.5 Å². The summed E-state index contributed by atoms with van der Waals surface area (Å²) in [7, 11) is 0. The molecule has 3 nitrogen and oxygen atoms in total. The normalized spacial score (nSPS) is 22.6. The van der Waals surface area contributed by atoms with Crippen LogP contribution >= 0.6 is 0 Å². The van der Waals surface area contributed by atoms with Crippen molar-refractivity contribution in [3.8, 4) is 0 Å². The Morgan fingerprint density at radius 1 is 1.22 bits per heavy atom. The van der Waals surface area contributed by atoms with Gasteiger partial charge in [0, 0.05) is 5.69 Å². The first-order valence-electron chi connectivity index (χ1n) is 6.94. The average Bonchev–Trinajstić information content (AvgIpc) is 2.88. The van der Waals surface area contributed by atoms with Crippen molar-refractivity contribution < 1.29 is 4.74 Å². The highest BCUT2D eigenvalue weighted by atomic mass is 16.5. The predicted octanol–water partition coefficient (Wildman–Crippen LogP) is 2.76. The molecule has 0 amide bonds. The molecule has 0 saturated heterocycles. The fourth-order valence-corrected chi connectivity index (χ4v) is 2.57. The van der Waals surface area contributed by atoms with Crippen LogP contribution in [0.2, 0.25) is 0 Å². The molecule has 0 saturated carbocycles. The summed E-state index contributed by atoms with van der Waals surface area (Å²) in [6, 6.07) is 4.55. The van der Waals surface area contributed by atoms with Crippen LogP contribution in [0.25, 0.3) is 0 Å². The van der Waals surface area contributed by atoms with E-state index in [1.54, 1.807) is 0 Å². The minimum atomic E-state index is 0.290. The van der Waals surface area contributed by atoms with E-state index in [1.165, 1.54) is 30.5 Å². The third kappa shape index (κ3) is 2.14. The van der Waals surface area contributed by atoms with E-state index in [2.05, 4.69) is 31.0 Å². The number of ether oxygens (including phenoxy) is 1. The van der Waals surface area contributed by atoms with Crippen LogP contribution in [0, 0.1) is 5.92 Å². The van der Waals surface area contributed by atoms with Crippen LogP contribution < -0.4 is 0 Å². The van der Waals surface area contributed by atoms with Crippen molar-refractivity contribution in [2.24, 2.45) is 10.9 Å². The molecule has 1 atom stereocenters. The Balaban J connectivity index is 1.87. The van der Waals surface area contributed by atoms with Crippen LogP contribution in [0.3, 0.4) is 0 Å². The van der Waals surface area contributed by atoms with Crippen molar-refractivity contribution in [2.45, 2.75) is 45.6 Å². The van der Waals surface area contributed by atoms with Crippen LogP contribution in [0.1, 0.15) is 43.6 Å². The largest absolute Gasteiger partial charge is 0.474 e. The molecule has 1 aromatic heterocycles. The smallest absolute Gasteiger partial charge is 0.235 e. The van der Waals surface area contributed by atoms with Crippen molar-refractivity contribution in [1.82, 2.24) is 4.98 Å². The highest BCUT2D eigenvalue weighted by Crippen LogP contribution is 2.22. The van der Waals surface area contributed by atoms with Gasteiger partial charge >= 0.3 is 0 Å². The SMILES string of the molecule is CC(C)C1COC(c2ccc3c(n2)CCCC3)=N1. The second-order valence-corrected chi connectivity index (χ2v) is 5.57. The molecule has 2 aliphatic rings. The van der Waals surface area contributed by atoms with Gasteiger partial charge in [-0.1, -0.05) is 19.9 Å². The molecule has 3 heteroatoms. The number of aromatic nitrogens is 1. The van der Waals surface area contributed by atoms with Gasteiger partial charge in [-0.2, -0.15) is 0 Å². The summed E-state index contributed by atoms with van der Waals surface area (Å²) in [5, 5.41) is 0. The lowest BCUT2D eigenvalue weighted by atomic mass is 9.96. The zero-order valence-electron chi connectivity index (χ0n) is 11.1. The van der Waals surface area contributed by atoms with Crippen LogP contribution in [-0.4, -0.2) is 23.5 Å². The van der Waals surface area contributed by atoms with Crippen molar-refractivity contribution >= 4 is 5.90 Å². The molecule has 96 valence electrons. The van der Waals surface area contributed by atoms with Gasteiger partial charge in [0.25, 0.3) is 0 Å². The van der Waals surface area contributed by atoms with Gasteiger partial charge in [0.2, 0.25) is 5.90 Å². The molecular formula is C15H20N2O.